The quantitative estimate of drug-likeness (QED) is 0.831. The van der Waals surface area contributed by atoms with Gasteiger partial charge >= 0.3 is 5.97 Å². The highest BCUT2D eigenvalue weighted by molar-refractivity contribution is 5.85. The Bertz CT molecular complexity index is 407. The van der Waals surface area contributed by atoms with E-state index in [-0.39, 0.29) is 11.7 Å². The van der Waals surface area contributed by atoms with Crippen LogP contribution in [-0.4, -0.2) is 54.2 Å². The van der Waals surface area contributed by atoms with E-state index in [4.69, 9.17) is 5.11 Å². The van der Waals surface area contributed by atoms with Crippen molar-refractivity contribution < 1.29 is 9.90 Å². The normalized spacial score (nSPS) is 12.5. The highest BCUT2D eigenvalue weighted by Crippen LogP contribution is 2.15. The first kappa shape index (κ1) is 14.4. The third-order valence-electron chi connectivity index (χ3n) is 2.75. The molecule has 1 N–H and O–H groups in total. The maximum Gasteiger partial charge on any atom is 0.354 e. The van der Waals surface area contributed by atoms with Gasteiger partial charge in [-0.25, -0.2) is 9.78 Å². The lowest BCUT2D eigenvalue weighted by molar-refractivity contribution is 0.0690. The van der Waals surface area contributed by atoms with Gasteiger partial charge in [-0.05, 0) is 40.1 Å². The summed E-state index contributed by atoms with van der Waals surface area (Å²) in [7, 11) is 4.04. The average Bonchev–Trinajstić information content (AvgIpc) is 2.29. The zero-order valence-electron chi connectivity index (χ0n) is 11.4. The monoisotopic (exact) mass is 251 g/mol. The van der Waals surface area contributed by atoms with Gasteiger partial charge in [0.2, 0.25) is 0 Å². The highest BCUT2D eigenvalue weighted by atomic mass is 16.4. The summed E-state index contributed by atoms with van der Waals surface area (Å²) in [6.07, 6.45) is 0. The van der Waals surface area contributed by atoms with Crippen LogP contribution in [0.1, 0.15) is 24.3 Å². The molecule has 0 saturated heterocycles. The Kier molecular flexibility index (Phi) is 5.09. The summed E-state index contributed by atoms with van der Waals surface area (Å²) in [5.74, 6) is -0.278. The van der Waals surface area contributed by atoms with Crippen molar-refractivity contribution in [3.8, 4) is 0 Å². The van der Waals surface area contributed by atoms with E-state index in [0.717, 1.165) is 13.1 Å². The average molecular weight is 251 g/mol. The molecule has 0 aliphatic carbocycles. The molecular weight excluding hydrogens is 230 g/mol. The molecule has 5 heteroatoms. The van der Waals surface area contributed by atoms with Crippen molar-refractivity contribution in [1.82, 2.24) is 9.88 Å². The summed E-state index contributed by atoms with van der Waals surface area (Å²) in [6.45, 7) is 5.85. The number of aromatic carboxylic acids is 1. The zero-order valence-corrected chi connectivity index (χ0v) is 11.4. The fourth-order valence-electron chi connectivity index (χ4n) is 2.03. The van der Waals surface area contributed by atoms with Crippen molar-refractivity contribution >= 4 is 11.8 Å². The molecule has 100 valence electrons. The number of nitrogens with zero attached hydrogens (tertiary/aromatic N) is 3. The van der Waals surface area contributed by atoms with Crippen molar-refractivity contribution in [2.75, 3.05) is 32.1 Å². The SMILES string of the molecule is CCN(c1cccc(C(=O)O)n1)C(C)CN(C)C. The molecular formula is C13H21N3O2. The number of likely N-dealkylation sites (N-methyl/N-ethyl adjacent to an activating group) is 2. The third-order valence-corrected chi connectivity index (χ3v) is 2.75. The lowest BCUT2D eigenvalue weighted by Crippen LogP contribution is -2.40. The Hall–Kier alpha value is -1.62. The van der Waals surface area contributed by atoms with Crippen LogP contribution in [0.3, 0.4) is 0 Å². The third kappa shape index (κ3) is 3.70. The minimum Gasteiger partial charge on any atom is -0.477 e. The first-order chi connectivity index (χ1) is 8.45. The Balaban J connectivity index is 2.94. The minimum atomic E-state index is -0.992. The maximum atomic E-state index is 10.9. The number of hydrogen-bond acceptors (Lipinski definition) is 4. The molecule has 0 saturated carbocycles. The molecule has 1 atom stereocenters. The van der Waals surface area contributed by atoms with Gasteiger partial charge in [-0.15, -0.1) is 0 Å². The second-order valence-electron chi connectivity index (χ2n) is 4.58. The summed E-state index contributed by atoms with van der Waals surface area (Å²) in [6, 6.07) is 5.37. The summed E-state index contributed by atoms with van der Waals surface area (Å²) < 4.78 is 0. The van der Waals surface area contributed by atoms with Gasteiger partial charge in [0.25, 0.3) is 0 Å². The van der Waals surface area contributed by atoms with E-state index in [9.17, 15) is 4.79 Å². The smallest absolute Gasteiger partial charge is 0.354 e. The number of anilines is 1. The van der Waals surface area contributed by atoms with Crippen LogP contribution in [0.25, 0.3) is 0 Å². The maximum absolute atomic E-state index is 10.9. The molecule has 1 aromatic heterocycles. The standard InChI is InChI=1S/C13H21N3O2/c1-5-16(10(2)9-15(3)4)12-8-6-7-11(14-12)13(17)18/h6-8,10H,5,9H2,1-4H3,(H,17,18). The predicted molar refractivity (Wildman–Crippen MR) is 72.2 cm³/mol. The second kappa shape index (κ2) is 6.35. The summed E-state index contributed by atoms with van der Waals surface area (Å²) in [5.41, 5.74) is 0.0861. The molecule has 0 amide bonds. The molecule has 1 rings (SSSR count). The lowest BCUT2D eigenvalue weighted by Gasteiger charge is -2.31. The van der Waals surface area contributed by atoms with E-state index in [2.05, 4.69) is 21.7 Å². The van der Waals surface area contributed by atoms with Crippen molar-refractivity contribution in [3.63, 3.8) is 0 Å². The van der Waals surface area contributed by atoms with E-state index >= 15 is 0 Å². The van der Waals surface area contributed by atoms with Gasteiger partial charge in [0.05, 0.1) is 0 Å². The van der Waals surface area contributed by atoms with E-state index in [1.807, 2.05) is 27.1 Å². The Morgan fingerprint density at radius 1 is 1.44 bits per heavy atom. The Morgan fingerprint density at radius 3 is 2.61 bits per heavy atom. The van der Waals surface area contributed by atoms with Crippen molar-refractivity contribution in [3.05, 3.63) is 23.9 Å². The van der Waals surface area contributed by atoms with Gasteiger partial charge in [-0.2, -0.15) is 0 Å². The number of aromatic nitrogens is 1. The van der Waals surface area contributed by atoms with Crippen LogP contribution in [-0.2, 0) is 0 Å². The van der Waals surface area contributed by atoms with Crippen molar-refractivity contribution in [2.45, 2.75) is 19.9 Å². The van der Waals surface area contributed by atoms with Crippen LogP contribution >= 0.6 is 0 Å². The van der Waals surface area contributed by atoms with Crippen LogP contribution in [0.4, 0.5) is 5.82 Å². The van der Waals surface area contributed by atoms with E-state index < -0.39 is 5.97 Å². The summed E-state index contributed by atoms with van der Waals surface area (Å²) in [5, 5.41) is 8.96. The number of carboxylic acid groups (broad SMARTS) is 1. The van der Waals surface area contributed by atoms with E-state index in [1.54, 1.807) is 6.07 Å². The number of hydrogen-bond donors (Lipinski definition) is 1. The summed E-state index contributed by atoms with van der Waals surface area (Å²) >= 11 is 0. The number of rotatable bonds is 6. The van der Waals surface area contributed by atoms with Crippen LogP contribution in [0, 0.1) is 0 Å². The Morgan fingerprint density at radius 2 is 2.11 bits per heavy atom. The van der Waals surface area contributed by atoms with Gasteiger partial charge in [-0.3, -0.25) is 0 Å². The van der Waals surface area contributed by atoms with E-state index in [0.29, 0.717) is 5.82 Å². The fourth-order valence-corrected chi connectivity index (χ4v) is 2.03. The lowest BCUT2D eigenvalue weighted by atomic mass is 10.2. The molecule has 0 radical (unpaired) electrons. The molecule has 1 heterocycles. The molecule has 0 aliphatic rings. The van der Waals surface area contributed by atoms with Gasteiger partial charge in [-0.1, -0.05) is 6.07 Å². The highest BCUT2D eigenvalue weighted by Gasteiger charge is 2.16. The number of carboxylic acids is 1. The molecule has 18 heavy (non-hydrogen) atoms. The van der Waals surface area contributed by atoms with E-state index in [1.165, 1.54) is 6.07 Å². The van der Waals surface area contributed by atoms with Gasteiger partial charge in [0, 0.05) is 19.1 Å². The van der Waals surface area contributed by atoms with Crippen molar-refractivity contribution in [2.24, 2.45) is 0 Å². The summed E-state index contributed by atoms with van der Waals surface area (Å²) in [4.78, 5) is 19.3. The molecule has 0 spiro atoms. The molecule has 5 nitrogen and oxygen atoms in total. The first-order valence-electron chi connectivity index (χ1n) is 6.07. The molecule has 0 aromatic carbocycles. The van der Waals surface area contributed by atoms with Crippen LogP contribution in [0.15, 0.2) is 18.2 Å². The molecule has 0 fully saturated rings. The molecule has 1 unspecified atom stereocenters. The largest absolute Gasteiger partial charge is 0.477 e. The topological polar surface area (TPSA) is 56.7 Å². The molecule has 0 bridgehead atoms. The Labute approximate surface area is 108 Å². The number of pyridine rings is 1. The van der Waals surface area contributed by atoms with Crippen LogP contribution in [0.2, 0.25) is 0 Å². The fraction of sp³-hybridized carbons (Fsp3) is 0.538. The van der Waals surface area contributed by atoms with Gasteiger partial charge in [0.1, 0.15) is 5.82 Å². The van der Waals surface area contributed by atoms with Gasteiger partial charge in [0.15, 0.2) is 5.69 Å². The molecule has 1 aromatic rings. The second-order valence-corrected chi connectivity index (χ2v) is 4.58. The molecule has 0 aliphatic heterocycles. The van der Waals surface area contributed by atoms with Crippen LogP contribution in [0.5, 0.6) is 0 Å². The minimum absolute atomic E-state index is 0.0861. The first-order valence-corrected chi connectivity index (χ1v) is 6.07. The zero-order chi connectivity index (χ0) is 13.7. The van der Waals surface area contributed by atoms with Crippen LogP contribution < -0.4 is 4.90 Å². The van der Waals surface area contributed by atoms with Crippen molar-refractivity contribution in [1.29, 1.82) is 0 Å². The predicted octanol–water partition coefficient (Wildman–Crippen LogP) is 1.56. The number of carbonyl (C=O) groups is 1. The van der Waals surface area contributed by atoms with Gasteiger partial charge < -0.3 is 14.9 Å².